The van der Waals surface area contributed by atoms with Crippen molar-refractivity contribution in [1.82, 2.24) is 30.0 Å². The SMILES string of the molecule is N#Cc1c(N)sc2c(F)ccc(-c3c(C(F)(F)F)c4c5c(nc(OC[C@@]67CCCN6C[C@H](F)C7)nc5c3F)N([C@H](CCc3ccnnc3)c3cccnc3N)CCO4)c12. The van der Waals surface area contributed by atoms with Crippen LogP contribution < -0.4 is 25.8 Å². The van der Waals surface area contributed by atoms with Crippen molar-refractivity contribution in [3.63, 3.8) is 0 Å². The first-order valence-electron chi connectivity index (χ1n) is 18.8. The van der Waals surface area contributed by atoms with E-state index in [1.165, 1.54) is 12.4 Å². The largest absolute Gasteiger partial charge is 0.490 e. The summed E-state index contributed by atoms with van der Waals surface area (Å²) in [5.74, 6) is -3.04. The second-order valence-corrected chi connectivity index (χ2v) is 15.9. The fraction of sp³-hybridized carbons (Fsp3) is 0.350. The average molecular weight is 833 g/mol. The Balaban J connectivity index is 1.31. The lowest BCUT2D eigenvalue weighted by Crippen LogP contribution is -2.43. The molecule has 2 saturated heterocycles. The van der Waals surface area contributed by atoms with Crippen molar-refractivity contribution in [3.05, 3.63) is 82.8 Å². The Morgan fingerprint density at radius 1 is 1.08 bits per heavy atom. The number of pyridine rings is 1. The quantitative estimate of drug-likeness (QED) is 0.138. The molecule has 0 radical (unpaired) electrons. The molecule has 0 saturated carbocycles. The van der Waals surface area contributed by atoms with Crippen LogP contribution in [0.4, 0.5) is 43.0 Å². The predicted molar refractivity (Wildman–Crippen MR) is 208 cm³/mol. The molecular formula is C40H34F6N10O2S. The van der Waals surface area contributed by atoms with Crippen molar-refractivity contribution in [2.24, 2.45) is 0 Å². The number of nitrogen functional groups attached to an aromatic ring is 2. The molecule has 0 amide bonds. The van der Waals surface area contributed by atoms with E-state index in [1.54, 1.807) is 29.3 Å². The van der Waals surface area contributed by atoms with Gasteiger partial charge in [-0.2, -0.15) is 38.6 Å². The molecule has 19 heteroatoms. The van der Waals surface area contributed by atoms with E-state index < -0.39 is 68.9 Å². The highest BCUT2D eigenvalue weighted by molar-refractivity contribution is 7.23. The minimum atomic E-state index is -5.27. The minimum absolute atomic E-state index is 0.0657. The molecule has 59 heavy (non-hydrogen) atoms. The van der Waals surface area contributed by atoms with Crippen molar-refractivity contribution in [3.8, 4) is 29.0 Å². The molecule has 3 atom stereocenters. The molecule has 2 aromatic carbocycles. The second-order valence-electron chi connectivity index (χ2n) is 14.9. The van der Waals surface area contributed by atoms with Gasteiger partial charge < -0.3 is 25.8 Å². The van der Waals surface area contributed by atoms with Crippen molar-refractivity contribution < 1.29 is 35.8 Å². The molecule has 3 aliphatic rings. The van der Waals surface area contributed by atoms with Crippen molar-refractivity contribution in [2.45, 2.75) is 56.0 Å². The third-order valence-electron chi connectivity index (χ3n) is 11.5. The third-order valence-corrected chi connectivity index (χ3v) is 12.6. The number of halogens is 6. The predicted octanol–water partition coefficient (Wildman–Crippen LogP) is 7.56. The number of nitrogens with two attached hydrogens (primary N) is 2. The summed E-state index contributed by atoms with van der Waals surface area (Å²) < 4.78 is 107. The maximum absolute atomic E-state index is 17.7. The summed E-state index contributed by atoms with van der Waals surface area (Å²) >= 11 is 0.662. The number of nitrogens with zero attached hydrogens (tertiary/aromatic N) is 8. The number of alkyl halides is 4. The zero-order valence-corrected chi connectivity index (χ0v) is 31.9. The lowest BCUT2D eigenvalue weighted by Gasteiger charge is -2.33. The smallest absolute Gasteiger partial charge is 0.420 e. The molecule has 9 rings (SSSR count). The van der Waals surface area contributed by atoms with Gasteiger partial charge in [-0.15, -0.1) is 11.3 Å². The summed E-state index contributed by atoms with van der Waals surface area (Å²) in [5.41, 5.74) is 9.31. The molecule has 7 heterocycles. The molecule has 2 fully saturated rings. The monoisotopic (exact) mass is 832 g/mol. The zero-order valence-electron chi connectivity index (χ0n) is 31.1. The van der Waals surface area contributed by atoms with Gasteiger partial charge in [0.1, 0.15) is 64.7 Å². The first-order chi connectivity index (χ1) is 28.4. The fourth-order valence-electron chi connectivity index (χ4n) is 8.98. The molecule has 0 aliphatic carbocycles. The number of benzene rings is 2. The summed E-state index contributed by atoms with van der Waals surface area (Å²) in [7, 11) is 0. The lowest BCUT2D eigenvalue weighted by molar-refractivity contribution is -0.138. The maximum atomic E-state index is 17.7. The van der Waals surface area contributed by atoms with Crippen LogP contribution in [-0.4, -0.2) is 74.6 Å². The van der Waals surface area contributed by atoms with E-state index in [1.807, 2.05) is 11.0 Å². The van der Waals surface area contributed by atoms with E-state index in [0.29, 0.717) is 42.7 Å². The van der Waals surface area contributed by atoms with E-state index in [4.69, 9.17) is 25.9 Å². The van der Waals surface area contributed by atoms with Crippen molar-refractivity contribution in [2.75, 3.05) is 49.2 Å². The van der Waals surface area contributed by atoms with Gasteiger partial charge in [-0.1, -0.05) is 12.1 Å². The van der Waals surface area contributed by atoms with Gasteiger partial charge in [0.05, 0.1) is 40.0 Å². The lowest BCUT2D eigenvalue weighted by atomic mass is 9.91. The third kappa shape index (κ3) is 6.54. The van der Waals surface area contributed by atoms with Crippen LogP contribution in [0.2, 0.25) is 0 Å². The number of nitriles is 1. The molecular weight excluding hydrogens is 799 g/mol. The van der Waals surface area contributed by atoms with Crippen LogP contribution in [0.15, 0.2) is 48.9 Å². The molecule has 304 valence electrons. The average Bonchev–Trinajstić information content (AvgIpc) is 3.82. The highest BCUT2D eigenvalue weighted by Gasteiger charge is 2.50. The number of thiophene rings is 1. The van der Waals surface area contributed by atoms with Crippen LogP contribution in [0.3, 0.4) is 0 Å². The van der Waals surface area contributed by atoms with E-state index in [2.05, 4.69) is 20.2 Å². The molecule has 12 nitrogen and oxygen atoms in total. The number of fused-ring (bicyclic) bond motifs is 2. The standard InChI is InChI=1S/C40H34F6N10O2S/c41-21-15-39(9-2-12-55(39)18-21)19-58-38-53-32-29-33(30(40(44,45)46)28(31(32)43)23-5-6-25(42)34-27(23)24(16-47)36(49)59-34)57-14-13-56(37(29)54-38)26(22-3-1-10-50-35(22)48)7-4-20-8-11-51-52-17-20/h1,3,5-6,8,10-11,17,21,26H,2,4,7,9,12-15,18-19,49H2,(H2,48,50)/t21-,26-,39+/m1/s1. The Morgan fingerprint density at radius 3 is 2.69 bits per heavy atom. The van der Waals surface area contributed by atoms with Gasteiger partial charge >= 0.3 is 12.2 Å². The fourth-order valence-corrected chi connectivity index (χ4v) is 9.92. The number of aryl methyl sites for hydroxylation is 1. The Bertz CT molecular complexity index is 2660. The van der Waals surface area contributed by atoms with Gasteiger partial charge in [-0.25, -0.2) is 18.2 Å². The normalized spacial score (nSPS) is 19.7. The van der Waals surface area contributed by atoms with E-state index in [0.717, 1.165) is 24.1 Å². The Kier molecular flexibility index (Phi) is 9.58. The van der Waals surface area contributed by atoms with E-state index in [9.17, 15) is 9.65 Å². The number of ether oxygens (including phenoxy) is 2. The summed E-state index contributed by atoms with van der Waals surface area (Å²) in [4.78, 5) is 17.1. The molecule has 4 aromatic heterocycles. The first-order valence-corrected chi connectivity index (χ1v) is 19.6. The number of rotatable bonds is 9. The van der Waals surface area contributed by atoms with Crippen molar-refractivity contribution >= 4 is 49.0 Å². The number of hydrogen-bond acceptors (Lipinski definition) is 13. The Morgan fingerprint density at radius 2 is 1.93 bits per heavy atom. The minimum Gasteiger partial charge on any atom is -0.490 e. The second kappa shape index (κ2) is 14.7. The van der Waals surface area contributed by atoms with Crippen LogP contribution in [0.25, 0.3) is 32.1 Å². The Hall–Kier alpha value is -6.00. The van der Waals surface area contributed by atoms with Gasteiger partial charge in [-0.05, 0) is 61.6 Å². The number of aromatic nitrogens is 5. The molecule has 4 N–H and O–H groups in total. The van der Waals surface area contributed by atoms with Gasteiger partial charge in [0.25, 0.3) is 0 Å². The summed E-state index contributed by atoms with van der Waals surface area (Å²) in [6.45, 7) is 0.413. The van der Waals surface area contributed by atoms with Crippen LogP contribution in [0, 0.1) is 23.0 Å². The molecule has 3 aliphatic heterocycles. The number of anilines is 3. The molecule has 0 spiro atoms. The first kappa shape index (κ1) is 38.5. The van der Waals surface area contributed by atoms with Crippen molar-refractivity contribution in [1.29, 1.82) is 5.26 Å². The van der Waals surface area contributed by atoms with E-state index >= 15 is 22.0 Å². The van der Waals surface area contributed by atoms with Crippen LogP contribution in [0.5, 0.6) is 11.8 Å². The maximum Gasteiger partial charge on any atom is 0.420 e. The number of hydrogen-bond donors (Lipinski definition) is 2. The van der Waals surface area contributed by atoms with Crippen LogP contribution in [0.1, 0.15) is 54.0 Å². The van der Waals surface area contributed by atoms with Gasteiger partial charge in [0.2, 0.25) is 0 Å². The molecule has 0 unspecified atom stereocenters. The van der Waals surface area contributed by atoms with Gasteiger partial charge in [-0.3, -0.25) is 4.90 Å². The highest BCUT2D eigenvalue weighted by atomic mass is 32.1. The van der Waals surface area contributed by atoms with Crippen LogP contribution in [-0.2, 0) is 12.6 Å². The van der Waals surface area contributed by atoms with Crippen LogP contribution >= 0.6 is 11.3 Å². The summed E-state index contributed by atoms with van der Waals surface area (Å²) in [6.07, 6.45) is 0.625. The summed E-state index contributed by atoms with van der Waals surface area (Å²) in [5, 5.41) is 17.0. The Labute approximate surface area is 336 Å². The highest BCUT2D eigenvalue weighted by Crippen LogP contribution is 2.54. The van der Waals surface area contributed by atoms with Gasteiger partial charge in [0.15, 0.2) is 5.82 Å². The topological polar surface area (TPSA) is 165 Å². The zero-order chi connectivity index (χ0) is 41.2. The summed E-state index contributed by atoms with van der Waals surface area (Å²) in [6, 6.07) is 7.83. The molecule has 6 aromatic rings. The van der Waals surface area contributed by atoms with E-state index in [-0.39, 0.29) is 71.0 Å². The molecule has 0 bridgehead atoms. The van der Waals surface area contributed by atoms with Gasteiger partial charge in [0, 0.05) is 41.9 Å².